The van der Waals surface area contributed by atoms with Crippen LogP contribution < -0.4 is 4.72 Å². The largest absolute Gasteiger partial charge is 0.481 e. The molecule has 3 aromatic carbocycles. The highest BCUT2D eigenvalue weighted by Gasteiger charge is 2.57. The highest BCUT2D eigenvalue weighted by Crippen LogP contribution is 2.53. The highest BCUT2D eigenvalue weighted by molar-refractivity contribution is 7.90. The van der Waals surface area contributed by atoms with E-state index in [1.165, 1.54) is 4.90 Å². The minimum absolute atomic E-state index is 0.122. The number of carboxylic acid groups (broad SMARTS) is 1. The first-order valence-electron chi connectivity index (χ1n) is 14.0. The molecule has 2 N–H and O–H groups in total. The van der Waals surface area contributed by atoms with Crippen molar-refractivity contribution in [3.63, 3.8) is 0 Å². The van der Waals surface area contributed by atoms with Gasteiger partial charge in [-0.25, -0.2) is 21.9 Å². The van der Waals surface area contributed by atoms with Crippen LogP contribution in [0.3, 0.4) is 0 Å². The zero-order valence-electron chi connectivity index (χ0n) is 23.6. The van der Waals surface area contributed by atoms with Crippen LogP contribution in [0.15, 0.2) is 66.7 Å². The number of nitrogens with one attached hydrogen (secondary N) is 1. The number of hydrogen-bond donors (Lipinski definition) is 2. The molecule has 1 saturated carbocycles. The number of amides is 1. The molecule has 8 nitrogen and oxygen atoms in total. The summed E-state index contributed by atoms with van der Waals surface area (Å²) in [5, 5.41) is 10.5. The Bertz CT molecular complexity index is 1670. The van der Waals surface area contributed by atoms with Crippen LogP contribution in [-0.4, -0.2) is 49.0 Å². The third kappa shape index (κ3) is 6.34. The number of halogens is 4. The van der Waals surface area contributed by atoms with E-state index in [0.29, 0.717) is 27.2 Å². The van der Waals surface area contributed by atoms with Crippen LogP contribution in [0.25, 0.3) is 0 Å². The monoisotopic (exact) mass is 666 g/mol. The highest BCUT2D eigenvalue weighted by atomic mass is 35.5. The number of morpholine rings is 1. The first-order valence-corrected chi connectivity index (χ1v) is 16.3. The molecule has 2 aliphatic rings. The zero-order chi connectivity index (χ0) is 31.8. The second kappa shape index (κ2) is 12.7. The van der Waals surface area contributed by atoms with Crippen LogP contribution in [0.4, 0.5) is 8.78 Å². The fourth-order valence-corrected chi connectivity index (χ4v) is 7.95. The Morgan fingerprint density at radius 2 is 1.77 bits per heavy atom. The molecule has 1 saturated heterocycles. The number of aliphatic carboxylic acids is 1. The summed E-state index contributed by atoms with van der Waals surface area (Å²) in [5.74, 6) is -3.64. The summed E-state index contributed by atoms with van der Waals surface area (Å²) in [7, 11) is -4.20. The van der Waals surface area contributed by atoms with E-state index in [2.05, 4.69) is 4.72 Å². The molecule has 234 valence electrons. The number of sulfonamides is 1. The SMILES string of the molecule is CC[C@@H](CNS(=O)(=O)C1(c2ccc(F)cc2F)CC1)N1C(=O)[C@@H](CC(=O)O)O[C@H](c2cccc(Cl)c2)C1c1ccc(Cl)cc1. The van der Waals surface area contributed by atoms with Gasteiger partial charge in [0.1, 0.15) is 28.6 Å². The van der Waals surface area contributed by atoms with Gasteiger partial charge in [-0.15, -0.1) is 0 Å². The van der Waals surface area contributed by atoms with Gasteiger partial charge in [-0.2, -0.15) is 0 Å². The molecule has 3 aromatic rings. The number of carbonyl (C=O) groups is 2. The molecule has 4 atom stereocenters. The molecule has 1 unspecified atom stereocenters. The van der Waals surface area contributed by atoms with Crippen molar-refractivity contribution in [1.82, 2.24) is 9.62 Å². The summed E-state index contributed by atoms with van der Waals surface area (Å²) in [5.41, 5.74) is 1.09. The topological polar surface area (TPSA) is 113 Å². The van der Waals surface area contributed by atoms with Gasteiger partial charge in [-0.05, 0) is 60.7 Å². The third-order valence-electron chi connectivity index (χ3n) is 8.19. The van der Waals surface area contributed by atoms with E-state index >= 15 is 0 Å². The second-order valence-electron chi connectivity index (χ2n) is 11.0. The molecule has 1 heterocycles. The van der Waals surface area contributed by atoms with Crippen LogP contribution >= 0.6 is 23.2 Å². The van der Waals surface area contributed by atoms with Gasteiger partial charge in [0.2, 0.25) is 10.0 Å². The molecule has 1 aliphatic heterocycles. The van der Waals surface area contributed by atoms with Crippen molar-refractivity contribution in [3.05, 3.63) is 105 Å². The first-order chi connectivity index (χ1) is 20.9. The van der Waals surface area contributed by atoms with Gasteiger partial charge in [-0.3, -0.25) is 9.59 Å². The Morgan fingerprint density at radius 1 is 1.07 bits per heavy atom. The van der Waals surface area contributed by atoms with Gasteiger partial charge in [0, 0.05) is 34.3 Å². The maximum Gasteiger partial charge on any atom is 0.306 e. The second-order valence-corrected chi connectivity index (χ2v) is 13.9. The normalized spacial score (nSPS) is 22.1. The van der Waals surface area contributed by atoms with Gasteiger partial charge in [0.25, 0.3) is 5.91 Å². The molecule has 5 rings (SSSR count). The van der Waals surface area contributed by atoms with E-state index in [1.54, 1.807) is 55.5 Å². The number of carbonyl (C=O) groups excluding carboxylic acids is 1. The van der Waals surface area contributed by atoms with Crippen molar-refractivity contribution >= 4 is 45.1 Å². The Balaban J connectivity index is 1.53. The molecule has 0 bridgehead atoms. The predicted octanol–water partition coefficient (Wildman–Crippen LogP) is 6.14. The predicted molar refractivity (Wildman–Crippen MR) is 161 cm³/mol. The molecule has 0 radical (unpaired) electrons. The van der Waals surface area contributed by atoms with Crippen molar-refractivity contribution in [2.45, 2.75) is 61.6 Å². The van der Waals surface area contributed by atoms with Crippen molar-refractivity contribution in [3.8, 4) is 0 Å². The average molecular weight is 668 g/mol. The zero-order valence-corrected chi connectivity index (χ0v) is 25.9. The van der Waals surface area contributed by atoms with Gasteiger partial charge < -0.3 is 14.7 Å². The number of hydrogen-bond acceptors (Lipinski definition) is 5. The summed E-state index contributed by atoms with van der Waals surface area (Å²) in [6.45, 7) is 1.52. The fraction of sp³-hybridized carbons (Fsp3) is 0.355. The Labute approximate surface area is 264 Å². The first kappa shape index (κ1) is 32.3. The lowest BCUT2D eigenvalue weighted by Gasteiger charge is -2.48. The maximum absolute atomic E-state index is 14.7. The van der Waals surface area contributed by atoms with E-state index in [4.69, 9.17) is 27.9 Å². The number of carboxylic acids is 1. The standard InChI is InChI=1S/C31H30Cl2F2N2O6S/c1-2-23(17-36-44(41,42)31(12-13-31)24-11-10-22(34)15-25(24)35)37-28(18-6-8-20(32)9-7-18)29(19-4-3-5-21(33)14-19)43-26(30(37)40)16-27(38)39/h3-11,14-15,23,26,28-29,36H,2,12-13,16-17H2,1H3,(H,38,39)/t23-,26+,28?,29+/m0/s1. The van der Waals surface area contributed by atoms with E-state index in [9.17, 15) is 31.9 Å². The Morgan fingerprint density at radius 3 is 2.36 bits per heavy atom. The molecule has 44 heavy (non-hydrogen) atoms. The third-order valence-corrected chi connectivity index (χ3v) is 10.9. The summed E-state index contributed by atoms with van der Waals surface area (Å²) in [6.07, 6.45) is -2.29. The summed E-state index contributed by atoms with van der Waals surface area (Å²) < 4.78 is 62.8. The Hall–Kier alpha value is -3.09. The van der Waals surface area contributed by atoms with Crippen LogP contribution in [0, 0.1) is 11.6 Å². The number of benzene rings is 3. The maximum atomic E-state index is 14.7. The molecule has 0 spiro atoms. The molecule has 1 aliphatic carbocycles. The van der Waals surface area contributed by atoms with Gasteiger partial charge in [0.05, 0.1) is 12.5 Å². The minimum atomic E-state index is -4.20. The van der Waals surface area contributed by atoms with E-state index in [1.807, 2.05) is 0 Å². The van der Waals surface area contributed by atoms with Gasteiger partial charge in [-0.1, -0.05) is 60.5 Å². The van der Waals surface area contributed by atoms with Crippen molar-refractivity contribution in [2.75, 3.05) is 6.54 Å². The van der Waals surface area contributed by atoms with Crippen LogP contribution in [-0.2, 0) is 29.1 Å². The van der Waals surface area contributed by atoms with Crippen molar-refractivity contribution in [2.24, 2.45) is 0 Å². The lowest BCUT2D eigenvalue weighted by atomic mass is 9.89. The van der Waals surface area contributed by atoms with Crippen LogP contribution in [0.1, 0.15) is 61.4 Å². The number of ether oxygens (including phenoxy) is 1. The van der Waals surface area contributed by atoms with Crippen LogP contribution in [0.2, 0.25) is 10.0 Å². The summed E-state index contributed by atoms with van der Waals surface area (Å²) >= 11 is 12.5. The number of nitrogens with zero attached hydrogens (tertiary/aromatic N) is 1. The van der Waals surface area contributed by atoms with Crippen molar-refractivity contribution in [1.29, 1.82) is 0 Å². The minimum Gasteiger partial charge on any atom is -0.481 e. The summed E-state index contributed by atoms with van der Waals surface area (Å²) in [6, 6.07) is 14.8. The molecule has 0 aromatic heterocycles. The van der Waals surface area contributed by atoms with E-state index in [-0.39, 0.29) is 31.4 Å². The van der Waals surface area contributed by atoms with Crippen LogP contribution in [0.5, 0.6) is 0 Å². The fourth-order valence-electron chi connectivity index (χ4n) is 5.84. The molecular weight excluding hydrogens is 637 g/mol. The van der Waals surface area contributed by atoms with Crippen molar-refractivity contribution < 1.29 is 36.6 Å². The molecule has 13 heteroatoms. The quantitative estimate of drug-likeness (QED) is 0.254. The van der Waals surface area contributed by atoms with E-state index in [0.717, 1.165) is 12.1 Å². The molecule has 2 fully saturated rings. The smallest absolute Gasteiger partial charge is 0.306 e. The molecule has 1 amide bonds. The summed E-state index contributed by atoms with van der Waals surface area (Å²) in [4.78, 5) is 27.3. The average Bonchev–Trinajstić information content (AvgIpc) is 3.78. The van der Waals surface area contributed by atoms with E-state index < -0.39 is 69.0 Å². The van der Waals surface area contributed by atoms with Gasteiger partial charge >= 0.3 is 5.97 Å². The lowest BCUT2D eigenvalue weighted by Crippen LogP contribution is -2.57. The lowest BCUT2D eigenvalue weighted by molar-refractivity contribution is -0.183. The molecular formula is C31H30Cl2F2N2O6S. The number of rotatable bonds is 11. The van der Waals surface area contributed by atoms with Gasteiger partial charge in [0.15, 0.2) is 0 Å². The Kier molecular flexibility index (Phi) is 9.34.